The molecule has 0 unspecified atom stereocenters. The minimum absolute atomic E-state index is 0.0521. The zero-order valence-corrected chi connectivity index (χ0v) is 15.9. The average Bonchev–Trinajstić information content (AvgIpc) is 3.20. The van der Waals surface area contributed by atoms with Gasteiger partial charge in [0.1, 0.15) is 12.4 Å². The van der Waals surface area contributed by atoms with Crippen LogP contribution in [0.4, 0.5) is 0 Å². The minimum Gasteiger partial charge on any atom is -0.496 e. The number of methoxy groups -OCH3 is 1. The number of carbonyl (C=O) groups excluding carboxylic acids is 2. The molecule has 2 aromatic rings. The lowest BCUT2D eigenvalue weighted by molar-refractivity contribution is -0.151. The first-order valence-corrected chi connectivity index (χ1v) is 9.59. The van der Waals surface area contributed by atoms with Crippen LogP contribution in [0.25, 0.3) is 0 Å². The van der Waals surface area contributed by atoms with Gasteiger partial charge in [0, 0.05) is 18.7 Å². The van der Waals surface area contributed by atoms with E-state index >= 15 is 0 Å². The molecular formula is C20H23NO4S. The number of benzene rings is 1. The molecule has 138 valence electrons. The second-order valence-electron chi connectivity index (χ2n) is 6.47. The van der Waals surface area contributed by atoms with Crippen LogP contribution in [0.1, 0.15) is 33.6 Å². The number of esters is 1. The molecule has 0 saturated carbocycles. The zero-order valence-electron chi connectivity index (χ0n) is 15.1. The molecule has 1 aliphatic rings. The van der Waals surface area contributed by atoms with Gasteiger partial charge in [-0.25, -0.2) is 0 Å². The summed E-state index contributed by atoms with van der Waals surface area (Å²) in [6.07, 6.45) is 1.28. The van der Waals surface area contributed by atoms with Crippen molar-refractivity contribution in [2.24, 2.45) is 5.92 Å². The predicted octanol–water partition coefficient (Wildman–Crippen LogP) is 3.66. The fraction of sp³-hybridized carbons (Fsp3) is 0.400. The molecule has 1 aromatic carbocycles. The number of hydrogen-bond donors (Lipinski definition) is 0. The number of carbonyl (C=O) groups is 2. The maximum Gasteiger partial charge on any atom is 0.309 e. The van der Waals surface area contributed by atoms with Gasteiger partial charge in [-0.3, -0.25) is 9.59 Å². The molecular weight excluding hydrogens is 350 g/mol. The van der Waals surface area contributed by atoms with Gasteiger partial charge in [0.25, 0.3) is 5.91 Å². The van der Waals surface area contributed by atoms with Crippen LogP contribution < -0.4 is 4.74 Å². The number of rotatable bonds is 5. The Hall–Kier alpha value is -2.34. The molecule has 0 radical (unpaired) electrons. The van der Waals surface area contributed by atoms with E-state index in [1.54, 1.807) is 7.11 Å². The summed E-state index contributed by atoms with van der Waals surface area (Å²) in [5, 5.41) is 1.90. The summed E-state index contributed by atoms with van der Waals surface area (Å²) in [6.45, 7) is 3.37. The first kappa shape index (κ1) is 18.5. The van der Waals surface area contributed by atoms with Gasteiger partial charge in [-0.2, -0.15) is 0 Å². The van der Waals surface area contributed by atoms with E-state index in [1.807, 2.05) is 47.5 Å². The number of nitrogens with zero attached hydrogens (tertiary/aromatic N) is 1. The number of thiophene rings is 1. The van der Waals surface area contributed by atoms with E-state index in [0.29, 0.717) is 25.9 Å². The molecule has 0 spiro atoms. The van der Waals surface area contributed by atoms with E-state index in [-0.39, 0.29) is 24.4 Å². The van der Waals surface area contributed by atoms with E-state index in [4.69, 9.17) is 9.47 Å². The standard InChI is InChI=1S/C20H23NO4S/c1-14-5-6-17(24-2)16(12-14)13-25-20(23)15-7-9-21(10-8-15)19(22)18-4-3-11-26-18/h3-6,11-12,15H,7-10,13H2,1-2H3. The molecule has 26 heavy (non-hydrogen) atoms. The monoisotopic (exact) mass is 373 g/mol. The highest BCUT2D eigenvalue weighted by molar-refractivity contribution is 7.12. The van der Waals surface area contributed by atoms with Crippen LogP contribution in [0.5, 0.6) is 5.75 Å². The van der Waals surface area contributed by atoms with E-state index in [2.05, 4.69) is 0 Å². The molecule has 0 bridgehead atoms. The van der Waals surface area contributed by atoms with Gasteiger partial charge in [0.15, 0.2) is 0 Å². The van der Waals surface area contributed by atoms with Gasteiger partial charge in [-0.05, 0) is 43.3 Å². The highest BCUT2D eigenvalue weighted by Gasteiger charge is 2.29. The Morgan fingerprint density at radius 2 is 2.00 bits per heavy atom. The van der Waals surface area contributed by atoms with Crippen molar-refractivity contribution in [3.05, 3.63) is 51.7 Å². The fourth-order valence-electron chi connectivity index (χ4n) is 3.16. The average molecular weight is 373 g/mol. The van der Waals surface area contributed by atoms with Crippen LogP contribution in [-0.2, 0) is 16.1 Å². The molecule has 3 rings (SSSR count). The maximum absolute atomic E-state index is 12.4. The van der Waals surface area contributed by atoms with Crippen molar-refractivity contribution >= 4 is 23.2 Å². The van der Waals surface area contributed by atoms with Crippen molar-refractivity contribution in [1.82, 2.24) is 4.90 Å². The van der Waals surface area contributed by atoms with Gasteiger partial charge < -0.3 is 14.4 Å². The highest BCUT2D eigenvalue weighted by Crippen LogP contribution is 2.24. The Bertz CT molecular complexity index is 764. The molecule has 1 fully saturated rings. The third-order valence-electron chi connectivity index (χ3n) is 4.65. The Labute approximate surface area is 157 Å². The summed E-state index contributed by atoms with van der Waals surface area (Å²) >= 11 is 1.45. The van der Waals surface area contributed by atoms with Crippen molar-refractivity contribution in [3.63, 3.8) is 0 Å². The van der Waals surface area contributed by atoms with Crippen molar-refractivity contribution in [3.8, 4) is 5.75 Å². The first-order chi connectivity index (χ1) is 12.6. The smallest absolute Gasteiger partial charge is 0.309 e. The SMILES string of the molecule is COc1ccc(C)cc1COC(=O)C1CCN(C(=O)c2cccs2)CC1. The first-order valence-electron chi connectivity index (χ1n) is 8.71. The van der Waals surface area contributed by atoms with Gasteiger partial charge in [-0.1, -0.05) is 17.7 Å². The van der Waals surface area contributed by atoms with Crippen LogP contribution in [-0.4, -0.2) is 37.0 Å². The molecule has 1 saturated heterocycles. The number of ether oxygens (including phenoxy) is 2. The number of hydrogen-bond acceptors (Lipinski definition) is 5. The zero-order chi connectivity index (χ0) is 18.5. The van der Waals surface area contributed by atoms with Gasteiger partial charge in [0.05, 0.1) is 17.9 Å². The maximum atomic E-state index is 12.4. The molecule has 1 aliphatic heterocycles. The highest BCUT2D eigenvalue weighted by atomic mass is 32.1. The molecule has 0 atom stereocenters. The fourth-order valence-corrected chi connectivity index (χ4v) is 3.85. The predicted molar refractivity (Wildman–Crippen MR) is 100 cm³/mol. The lowest BCUT2D eigenvalue weighted by atomic mass is 9.97. The second kappa shape index (κ2) is 8.36. The van der Waals surface area contributed by atoms with Crippen molar-refractivity contribution < 1.29 is 19.1 Å². The van der Waals surface area contributed by atoms with Gasteiger partial charge >= 0.3 is 5.97 Å². The Kier molecular flexibility index (Phi) is 5.93. The van der Waals surface area contributed by atoms with E-state index in [1.165, 1.54) is 11.3 Å². The summed E-state index contributed by atoms with van der Waals surface area (Å²) in [6, 6.07) is 9.52. The molecule has 6 heteroatoms. The summed E-state index contributed by atoms with van der Waals surface area (Å²) in [5.74, 6) is 0.422. The van der Waals surface area contributed by atoms with Gasteiger partial charge in [-0.15, -0.1) is 11.3 Å². The van der Waals surface area contributed by atoms with E-state index in [9.17, 15) is 9.59 Å². The molecule has 5 nitrogen and oxygen atoms in total. The topological polar surface area (TPSA) is 55.8 Å². The number of amides is 1. The molecule has 1 amide bonds. The summed E-state index contributed by atoms with van der Waals surface area (Å²) in [5.41, 5.74) is 1.96. The van der Waals surface area contributed by atoms with Crippen LogP contribution in [0.3, 0.4) is 0 Å². The number of likely N-dealkylation sites (tertiary alicyclic amines) is 1. The van der Waals surface area contributed by atoms with Crippen LogP contribution in [0, 0.1) is 12.8 Å². The molecule has 0 aliphatic carbocycles. The number of aryl methyl sites for hydroxylation is 1. The van der Waals surface area contributed by atoms with Crippen LogP contribution in [0.2, 0.25) is 0 Å². The Morgan fingerprint density at radius 3 is 2.65 bits per heavy atom. The molecule has 1 aromatic heterocycles. The largest absolute Gasteiger partial charge is 0.496 e. The quantitative estimate of drug-likeness (QED) is 0.751. The van der Waals surface area contributed by atoms with Crippen LogP contribution >= 0.6 is 11.3 Å². The van der Waals surface area contributed by atoms with E-state index in [0.717, 1.165) is 21.8 Å². The second-order valence-corrected chi connectivity index (χ2v) is 7.41. The summed E-state index contributed by atoms with van der Waals surface area (Å²) < 4.78 is 10.8. The van der Waals surface area contributed by atoms with E-state index < -0.39 is 0 Å². The number of piperidine rings is 1. The summed E-state index contributed by atoms with van der Waals surface area (Å²) in [7, 11) is 1.61. The Morgan fingerprint density at radius 1 is 1.23 bits per heavy atom. The van der Waals surface area contributed by atoms with Gasteiger partial charge in [0.2, 0.25) is 0 Å². The lowest BCUT2D eigenvalue weighted by Gasteiger charge is -2.30. The van der Waals surface area contributed by atoms with Crippen LogP contribution in [0.15, 0.2) is 35.7 Å². The lowest BCUT2D eigenvalue weighted by Crippen LogP contribution is -2.40. The third-order valence-corrected chi connectivity index (χ3v) is 5.51. The minimum atomic E-state index is -0.197. The molecule has 0 N–H and O–H groups in total. The van der Waals surface area contributed by atoms with Crippen molar-refractivity contribution in [1.29, 1.82) is 0 Å². The normalized spacial score (nSPS) is 14.9. The Balaban J connectivity index is 1.51. The van der Waals surface area contributed by atoms with Crippen molar-refractivity contribution in [2.75, 3.05) is 20.2 Å². The summed E-state index contributed by atoms with van der Waals surface area (Å²) in [4.78, 5) is 27.3. The van der Waals surface area contributed by atoms with Crippen molar-refractivity contribution in [2.45, 2.75) is 26.4 Å². The third kappa shape index (κ3) is 4.25. The molecule has 2 heterocycles.